The first-order chi connectivity index (χ1) is 11.8. The number of rotatable bonds is 2. The fraction of sp³-hybridized carbons (Fsp3) is 0.545. The maximum absolute atomic E-state index is 8.96. The maximum atomic E-state index is 8.96. The SMILES string of the molecule is C1CCC2CCCCC2C1.OCc1ccc2cc(CO)ccc2c1. The molecular weight excluding hydrogens is 296 g/mol. The molecule has 2 aromatic carbocycles. The van der Waals surface area contributed by atoms with E-state index in [1.807, 2.05) is 36.4 Å². The Labute approximate surface area is 145 Å². The van der Waals surface area contributed by atoms with Gasteiger partial charge in [0.2, 0.25) is 0 Å². The van der Waals surface area contributed by atoms with E-state index < -0.39 is 0 Å². The summed E-state index contributed by atoms with van der Waals surface area (Å²) >= 11 is 0. The van der Waals surface area contributed by atoms with Crippen molar-refractivity contribution >= 4 is 10.8 Å². The molecule has 4 rings (SSSR count). The van der Waals surface area contributed by atoms with E-state index >= 15 is 0 Å². The van der Waals surface area contributed by atoms with Gasteiger partial charge in [0.1, 0.15) is 0 Å². The summed E-state index contributed by atoms with van der Waals surface area (Å²) < 4.78 is 0. The quantitative estimate of drug-likeness (QED) is 0.797. The normalized spacial score (nSPS) is 23.2. The van der Waals surface area contributed by atoms with Crippen molar-refractivity contribution in [2.75, 3.05) is 0 Å². The van der Waals surface area contributed by atoms with Gasteiger partial charge in [0.25, 0.3) is 0 Å². The van der Waals surface area contributed by atoms with Gasteiger partial charge in [-0.3, -0.25) is 0 Å². The third-order valence-electron chi connectivity index (χ3n) is 5.80. The Kier molecular flexibility index (Phi) is 6.28. The van der Waals surface area contributed by atoms with Crippen LogP contribution in [0, 0.1) is 11.8 Å². The second-order valence-electron chi connectivity index (χ2n) is 7.42. The van der Waals surface area contributed by atoms with Gasteiger partial charge < -0.3 is 10.2 Å². The molecule has 2 saturated carbocycles. The lowest BCUT2D eigenvalue weighted by molar-refractivity contribution is 0.171. The molecular formula is C22H30O2. The summed E-state index contributed by atoms with van der Waals surface area (Å²) in [6.45, 7) is 0.134. The van der Waals surface area contributed by atoms with Crippen LogP contribution in [0.15, 0.2) is 36.4 Å². The Morgan fingerprint density at radius 3 is 1.33 bits per heavy atom. The van der Waals surface area contributed by atoms with Crippen molar-refractivity contribution in [2.45, 2.75) is 64.6 Å². The van der Waals surface area contributed by atoms with Crippen LogP contribution in [0.4, 0.5) is 0 Å². The summed E-state index contributed by atoms with van der Waals surface area (Å²) in [6, 6.07) is 11.6. The van der Waals surface area contributed by atoms with E-state index in [9.17, 15) is 0 Å². The van der Waals surface area contributed by atoms with Gasteiger partial charge >= 0.3 is 0 Å². The van der Waals surface area contributed by atoms with E-state index in [1.165, 1.54) is 25.7 Å². The molecule has 130 valence electrons. The van der Waals surface area contributed by atoms with Gasteiger partial charge in [-0.15, -0.1) is 0 Å². The van der Waals surface area contributed by atoms with E-state index in [4.69, 9.17) is 10.2 Å². The summed E-state index contributed by atoms with van der Waals surface area (Å²) in [7, 11) is 0. The molecule has 2 aromatic rings. The van der Waals surface area contributed by atoms with E-state index in [1.54, 1.807) is 25.7 Å². The van der Waals surface area contributed by atoms with Gasteiger partial charge in [-0.05, 0) is 45.9 Å². The lowest BCUT2D eigenvalue weighted by atomic mass is 9.71. The molecule has 24 heavy (non-hydrogen) atoms. The minimum absolute atomic E-state index is 0.0672. The van der Waals surface area contributed by atoms with Gasteiger partial charge in [-0.1, -0.05) is 75.6 Å². The molecule has 0 spiro atoms. The van der Waals surface area contributed by atoms with Crippen molar-refractivity contribution in [3.63, 3.8) is 0 Å². The first-order valence-electron chi connectivity index (χ1n) is 9.53. The van der Waals surface area contributed by atoms with Crippen LogP contribution < -0.4 is 0 Å². The fourth-order valence-electron chi connectivity index (χ4n) is 4.40. The average molecular weight is 326 g/mol. The predicted octanol–water partition coefficient (Wildman–Crippen LogP) is 5.19. The van der Waals surface area contributed by atoms with Crippen molar-refractivity contribution in [1.29, 1.82) is 0 Å². The zero-order valence-electron chi connectivity index (χ0n) is 14.6. The molecule has 0 saturated heterocycles. The van der Waals surface area contributed by atoms with Crippen LogP contribution in [0.3, 0.4) is 0 Å². The van der Waals surface area contributed by atoms with Gasteiger partial charge in [-0.25, -0.2) is 0 Å². The lowest BCUT2D eigenvalue weighted by Crippen LogP contribution is -2.22. The summed E-state index contributed by atoms with van der Waals surface area (Å²) in [5, 5.41) is 20.1. The second kappa shape index (κ2) is 8.64. The van der Waals surface area contributed by atoms with Crippen molar-refractivity contribution in [1.82, 2.24) is 0 Å². The topological polar surface area (TPSA) is 40.5 Å². The number of aliphatic hydroxyl groups excluding tert-OH is 2. The molecule has 2 heteroatoms. The molecule has 0 unspecified atom stereocenters. The molecule has 0 aliphatic heterocycles. The molecule has 0 amide bonds. The van der Waals surface area contributed by atoms with E-state index in [0.29, 0.717) is 0 Å². The number of hydrogen-bond acceptors (Lipinski definition) is 2. The van der Waals surface area contributed by atoms with Gasteiger partial charge in [0, 0.05) is 0 Å². The minimum Gasteiger partial charge on any atom is -0.392 e. The summed E-state index contributed by atoms with van der Waals surface area (Å²) in [6.07, 6.45) is 12.4. The number of benzene rings is 2. The largest absolute Gasteiger partial charge is 0.392 e. The van der Waals surface area contributed by atoms with Crippen LogP contribution in [0.1, 0.15) is 62.5 Å². The van der Waals surface area contributed by atoms with Crippen molar-refractivity contribution in [3.8, 4) is 0 Å². The van der Waals surface area contributed by atoms with Crippen LogP contribution in [0.2, 0.25) is 0 Å². The Hall–Kier alpha value is -1.38. The zero-order valence-corrected chi connectivity index (χ0v) is 14.6. The summed E-state index contributed by atoms with van der Waals surface area (Å²) in [5.74, 6) is 2.31. The second-order valence-corrected chi connectivity index (χ2v) is 7.42. The molecule has 0 heterocycles. The molecule has 2 aliphatic rings. The van der Waals surface area contributed by atoms with Crippen LogP contribution in [-0.4, -0.2) is 10.2 Å². The van der Waals surface area contributed by atoms with Crippen LogP contribution in [-0.2, 0) is 13.2 Å². The zero-order chi connectivity index (χ0) is 16.8. The molecule has 2 N–H and O–H groups in total. The van der Waals surface area contributed by atoms with E-state index in [0.717, 1.165) is 33.7 Å². The first-order valence-corrected chi connectivity index (χ1v) is 9.53. The Bertz CT molecular complexity index is 580. The Morgan fingerprint density at radius 2 is 1.00 bits per heavy atom. The van der Waals surface area contributed by atoms with Crippen LogP contribution in [0.25, 0.3) is 10.8 Å². The van der Waals surface area contributed by atoms with Crippen molar-refractivity contribution < 1.29 is 10.2 Å². The smallest absolute Gasteiger partial charge is 0.0682 e. The monoisotopic (exact) mass is 326 g/mol. The standard InChI is InChI=1S/C12H12O2.C10H18/c13-7-9-1-3-11-6-10(8-14)2-4-12(11)5-9;1-2-6-10-8-4-3-7-9(10)5-1/h1-6,13-14H,7-8H2;9-10H,1-8H2. The molecule has 2 aliphatic carbocycles. The fourth-order valence-corrected chi connectivity index (χ4v) is 4.40. The van der Waals surface area contributed by atoms with Gasteiger partial charge in [0.05, 0.1) is 13.2 Å². The number of fused-ring (bicyclic) bond motifs is 2. The highest BCUT2D eigenvalue weighted by Crippen LogP contribution is 2.40. The highest BCUT2D eigenvalue weighted by Gasteiger charge is 2.26. The average Bonchev–Trinajstić information content (AvgIpc) is 2.67. The van der Waals surface area contributed by atoms with Gasteiger partial charge in [-0.2, -0.15) is 0 Å². The molecule has 2 fully saturated rings. The van der Waals surface area contributed by atoms with E-state index in [2.05, 4.69) is 0 Å². The third kappa shape index (κ3) is 4.37. The Morgan fingerprint density at radius 1 is 0.625 bits per heavy atom. The Balaban J connectivity index is 0.000000149. The van der Waals surface area contributed by atoms with E-state index in [-0.39, 0.29) is 13.2 Å². The first kappa shape index (κ1) is 17.4. The van der Waals surface area contributed by atoms with Crippen LogP contribution >= 0.6 is 0 Å². The highest BCUT2D eigenvalue weighted by molar-refractivity contribution is 5.83. The molecule has 0 aromatic heterocycles. The van der Waals surface area contributed by atoms with Crippen LogP contribution in [0.5, 0.6) is 0 Å². The molecule has 0 bridgehead atoms. The number of hydrogen-bond donors (Lipinski definition) is 2. The van der Waals surface area contributed by atoms with Gasteiger partial charge in [0.15, 0.2) is 0 Å². The molecule has 2 nitrogen and oxygen atoms in total. The third-order valence-corrected chi connectivity index (χ3v) is 5.80. The highest BCUT2D eigenvalue weighted by atomic mass is 16.3. The number of aliphatic hydroxyl groups is 2. The molecule has 0 atom stereocenters. The lowest BCUT2D eigenvalue weighted by Gasteiger charge is -2.35. The summed E-state index contributed by atoms with van der Waals surface area (Å²) in [4.78, 5) is 0. The maximum Gasteiger partial charge on any atom is 0.0682 e. The molecule has 0 radical (unpaired) electrons. The minimum atomic E-state index is 0.0672. The predicted molar refractivity (Wildman–Crippen MR) is 99.7 cm³/mol. The summed E-state index contributed by atoms with van der Waals surface area (Å²) in [5.41, 5.74) is 1.82. The van der Waals surface area contributed by atoms with Crippen molar-refractivity contribution in [2.24, 2.45) is 11.8 Å². The van der Waals surface area contributed by atoms with Crippen molar-refractivity contribution in [3.05, 3.63) is 47.5 Å².